The van der Waals surface area contributed by atoms with Gasteiger partial charge < -0.3 is 9.64 Å². The fourth-order valence-electron chi connectivity index (χ4n) is 4.16. The second-order valence-corrected chi connectivity index (χ2v) is 14.0. The molecule has 1 heterocycles. The van der Waals surface area contributed by atoms with Gasteiger partial charge in [-0.2, -0.15) is 0 Å². The Balaban J connectivity index is 1.51. The lowest BCUT2D eigenvalue weighted by molar-refractivity contribution is 0.249. The molecule has 1 fully saturated rings. The molecule has 1 aromatic carbocycles. The molecule has 160 valence electrons. The molecule has 1 aromatic rings. The monoisotopic (exact) mass is 428 g/mol. The second-order valence-electron chi connectivity index (χ2n) is 9.26. The largest absolute Gasteiger partial charge is 0.495 e. The zero-order chi connectivity index (χ0) is 21.8. The molecule has 0 N–H and O–H groups in total. The Morgan fingerprint density at radius 1 is 0.871 bits per heavy atom. The summed E-state index contributed by atoms with van der Waals surface area (Å²) in [4.78, 5) is 4.99. The number of nitrogens with zero attached hydrogens (tertiary/aromatic N) is 2. The number of hydrogen-bond donors (Lipinski definition) is 0. The maximum atomic E-state index is 5.56. The van der Waals surface area contributed by atoms with Crippen LogP contribution in [0.2, 0.25) is 19.6 Å². The van der Waals surface area contributed by atoms with E-state index in [0.29, 0.717) is 0 Å². The van der Waals surface area contributed by atoms with E-state index < -0.39 is 8.07 Å². The Bertz CT molecular complexity index is 1070. The van der Waals surface area contributed by atoms with E-state index in [4.69, 9.17) is 4.74 Å². The number of ether oxygens (including phenoxy) is 1. The first-order chi connectivity index (χ1) is 14.9. The second kappa shape index (κ2) is 9.17. The number of fused-ring (bicyclic) bond motifs is 1. The van der Waals surface area contributed by atoms with E-state index >= 15 is 0 Å². The first kappa shape index (κ1) is 21.5. The molecule has 0 amide bonds. The summed E-state index contributed by atoms with van der Waals surface area (Å²) in [6, 6.07) is 21.5. The van der Waals surface area contributed by atoms with Crippen LogP contribution in [0.3, 0.4) is 0 Å². The number of hydrogen-bond acceptors (Lipinski definition) is 3. The van der Waals surface area contributed by atoms with Crippen LogP contribution in [0.15, 0.2) is 60.7 Å². The van der Waals surface area contributed by atoms with Gasteiger partial charge in [-0.25, -0.2) is 0 Å². The van der Waals surface area contributed by atoms with Gasteiger partial charge in [-0.05, 0) is 34.9 Å². The Morgan fingerprint density at radius 3 is 2.26 bits per heavy atom. The first-order valence-electron chi connectivity index (χ1n) is 11.1. The standard InChI is InChI=1S/C27H32N2OSi/c1-30-27-13-9-8-12-26(27)29-17-15-28(16-18-29)21-23-20-22(14-19-31(2,3)4)24-10-6-5-7-11-25(23)24/h5-13,20H,15-18,21H2,1-4H3. The van der Waals surface area contributed by atoms with Gasteiger partial charge in [0.15, 0.2) is 0 Å². The van der Waals surface area contributed by atoms with Crippen molar-refractivity contribution in [2.45, 2.75) is 26.2 Å². The van der Waals surface area contributed by atoms with E-state index in [9.17, 15) is 0 Å². The molecule has 0 unspecified atom stereocenters. The summed E-state index contributed by atoms with van der Waals surface area (Å²) in [5.41, 5.74) is 9.91. The summed E-state index contributed by atoms with van der Waals surface area (Å²) in [6.07, 6.45) is 0. The lowest BCUT2D eigenvalue weighted by Crippen LogP contribution is -2.46. The summed E-state index contributed by atoms with van der Waals surface area (Å²) in [5.74, 6) is 4.47. The van der Waals surface area contributed by atoms with Crippen LogP contribution in [0.25, 0.3) is 11.1 Å². The Morgan fingerprint density at radius 2 is 1.55 bits per heavy atom. The zero-order valence-electron chi connectivity index (χ0n) is 19.1. The van der Waals surface area contributed by atoms with Crippen LogP contribution in [0.4, 0.5) is 5.69 Å². The number of anilines is 1. The lowest BCUT2D eigenvalue weighted by Gasteiger charge is -2.36. The number of para-hydroxylation sites is 2. The van der Waals surface area contributed by atoms with Crippen molar-refractivity contribution in [2.24, 2.45) is 0 Å². The van der Waals surface area contributed by atoms with E-state index in [1.807, 2.05) is 12.1 Å². The number of rotatable bonds is 4. The molecule has 4 heteroatoms. The van der Waals surface area contributed by atoms with E-state index in [2.05, 4.69) is 89.4 Å². The zero-order valence-corrected chi connectivity index (χ0v) is 20.1. The third-order valence-electron chi connectivity index (χ3n) is 5.76. The van der Waals surface area contributed by atoms with Gasteiger partial charge in [0.2, 0.25) is 0 Å². The fraction of sp³-hybridized carbons (Fsp3) is 0.333. The van der Waals surface area contributed by atoms with Crippen molar-refractivity contribution < 1.29 is 4.74 Å². The number of methoxy groups -OCH3 is 1. The summed E-state index contributed by atoms with van der Waals surface area (Å²) in [6.45, 7) is 12.0. The highest BCUT2D eigenvalue weighted by Gasteiger charge is 2.22. The fourth-order valence-corrected chi connectivity index (χ4v) is 4.67. The average Bonchev–Trinajstić information content (AvgIpc) is 2.91. The minimum Gasteiger partial charge on any atom is -0.495 e. The van der Waals surface area contributed by atoms with Gasteiger partial charge in [-0.1, -0.05) is 68.0 Å². The molecule has 0 saturated carbocycles. The Labute approximate surface area is 188 Å². The SMILES string of the molecule is COc1ccccc1N1CCN(Cc2cc(C#C[Si](C)(C)C)c3cccccc2-3)CC1. The van der Waals surface area contributed by atoms with Crippen LogP contribution in [-0.2, 0) is 6.54 Å². The molecule has 3 aliphatic rings. The van der Waals surface area contributed by atoms with Crippen LogP contribution >= 0.6 is 0 Å². The molecule has 0 radical (unpaired) electrons. The van der Waals surface area contributed by atoms with E-state index in [1.54, 1.807) is 7.11 Å². The molecule has 31 heavy (non-hydrogen) atoms. The van der Waals surface area contributed by atoms with E-state index in [1.165, 1.54) is 27.9 Å². The lowest BCUT2D eigenvalue weighted by atomic mass is 10.1. The van der Waals surface area contributed by atoms with Crippen molar-refractivity contribution in [3.63, 3.8) is 0 Å². The molecule has 1 aliphatic heterocycles. The van der Waals surface area contributed by atoms with Crippen LogP contribution < -0.4 is 9.64 Å². The van der Waals surface area contributed by atoms with Crippen molar-refractivity contribution in [3.05, 3.63) is 71.8 Å². The van der Waals surface area contributed by atoms with Gasteiger partial charge in [0, 0.05) is 38.3 Å². The predicted octanol–water partition coefficient (Wildman–Crippen LogP) is 5.35. The van der Waals surface area contributed by atoms with Crippen LogP contribution in [0.5, 0.6) is 5.75 Å². The van der Waals surface area contributed by atoms with Gasteiger partial charge in [0.1, 0.15) is 13.8 Å². The highest BCUT2D eigenvalue weighted by Crippen LogP contribution is 2.33. The molecule has 0 spiro atoms. The first-order valence-corrected chi connectivity index (χ1v) is 14.6. The maximum absolute atomic E-state index is 5.56. The van der Waals surface area contributed by atoms with E-state index in [0.717, 1.165) is 38.5 Å². The third-order valence-corrected chi connectivity index (χ3v) is 6.63. The van der Waals surface area contributed by atoms with E-state index in [-0.39, 0.29) is 0 Å². The van der Waals surface area contributed by atoms with Gasteiger partial charge in [0.05, 0.1) is 12.8 Å². The van der Waals surface area contributed by atoms with Crippen LogP contribution in [0.1, 0.15) is 11.1 Å². The maximum Gasteiger partial charge on any atom is 0.142 e. The molecule has 1 saturated heterocycles. The number of benzene rings is 1. The molecule has 3 nitrogen and oxygen atoms in total. The summed E-state index contributed by atoms with van der Waals surface area (Å²) < 4.78 is 5.56. The number of piperazine rings is 1. The van der Waals surface area contributed by atoms with Crippen molar-refractivity contribution in [3.8, 4) is 28.3 Å². The molecular formula is C27H32N2OSi. The normalized spacial score (nSPS) is 14.9. The highest BCUT2D eigenvalue weighted by molar-refractivity contribution is 6.83. The smallest absolute Gasteiger partial charge is 0.142 e. The molecule has 0 bridgehead atoms. The van der Waals surface area contributed by atoms with Gasteiger partial charge in [-0.3, -0.25) is 4.90 Å². The van der Waals surface area contributed by atoms with Gasteiger partial charge in [-0.15, -0.1) is 5.54 Å². The highest BCUT2D eigenvalue weighted by atomic mass is 28.3. The summed E-state index contributed by atoms with van der Waals surface area (Å²) in [7, 11) is 0.332. The van der Waals surface area contributed by atoms with Gasteiger partial charge >= 0.3 is 0 Å². The minimum absolute atomic E-state index is 0.955. The van der Waals surface area contributed by atoms with Crippen molar-refractivity contribution in [1.82, 2.24) is 4.90 Å². The van der Waals surface area contributed by atoms with Crippen molar-refractivity contribution in [2.75, 3.05) is 38.2 Å². The van der Waals surface area contributed by atoms with Crippen molar-refractivity contribution >= 4 is 13.8 Å². The summed E-state index contributed by atoms with van der Waals surface area (Å²) in [5, 5.41) is 0. The minimum atomic E-state index is -1.42. The summed E-state index contributed by atoms with van der Waals surface area (Å²) >= 11 is 0. The third kappa shape index (κ3) is 5.12. The predicted molar refractivity (Wildman–Crippen MR) is 134 cm³/mol. The van der Waals surface area contributed by atoms with Crippen LogP contribution in [0, 0.1) is 11.5 Å². The van der Waals surface area contributed by atoms with Crippen LogP contribution in [-0.4, -0.2) is 46.3 Å². The topological polar surface area (TPSA) is 15.7 Å². The molecule has 4 rings (SSSR count). The molecule has 2 aliphatic carbocycles. The Hall–Kier alpha value is -2.74. The van der Waals surface area contributed by atoms with Gasteiger partial charge in [0.25, 0.3) is 0 Å². The Kier molecular flexibility index (Phi) is 6.36. The average molecular weight is 429 g/mol. The quantitative estimate of drug-likeness (QED) is 0.411. The molecular weight excluding hydrogens is 396 g/mol. The molecule has 0 atom stereocenters. The molecule has 0 aromatic heterocycles. The van der Waals surface area contributed by atoms with Crippen molar-refractivity contribution in [1.29, 1.82) is 0 Å².